The Hall–Kier alpha value is -4.07. The molecule has 0 aliphatic carbocycles. The summed E-state index contributed by atoms with van der Waals surface area (Å²) >= 11 is 0. The highest BCUT2D eigenvalue weighted by Crippen LogP contribution is 2.31. The third-order valence-electron chi connectivity index (χ3n) is 5.04. The zero-order chi connectivity index (χ0) is 22.7. The molecule has 0 aliphatic heterocycles. The Labute approximate surface area is 183 Å². The lowest BCUT2D eigenvalue weighted by atomic mass is 9.84. The van der Waals surface area contributed by atoms with Crippen molar-refractivity contribution < 1.29 is 13.6 Å². The van der Waals surface area contributed by atoms with Crippen LogP contribution < -0.4 is 5.32 Å². The van der Waals surface area contributed by atoms with E-state index in [0.717, 1.165) is 6.07 Å². The van der Waals surface area contributed by atoms with E-state index in [1.165, 1.54) is 6.07 Å². The highest BCUT2D eigenvalue weighted by atomic mass is 19.1. The van der Waals surface area contributed by atoms with E-state index in [9.17, 15) is 13.6 Å². The lowest BCUT2D eigenvalue weighted by molar-refractivity contribution is 0.102. The van der Waals surface area contributed by atoms with E-state index in [2.05, 4.69) is 25.3 Å². The topological polar surface area (TPSA) is 80.7 Å². The Kier molecular flexibility index (Phi) is 5.68. The zero-order valence-electron chi connectivity index (χ0n) is 17.4. The van der Waals surface area contributed by atoms with Crippen LogP contribution in [0, 0.1) is 11.9 Å². The molecule has 0 bridgehead atoms. The smallest absolute Gasteiger partial charge is 0.274 e. The molecule has 4 aromatic rings. The number of hydrogen-bond acceptors (Lipinski definition) is 5. The third-order valence-corrected chi connectivity index (χ3v) is 5.04. The van der Waals surface area contributed by atoms with Crippen molar-refractivity contribution in [1.82, 2.24) is 19.9 Å². The van der Waals surface area contributed by atoms with E-state index < -0.39 is 17.3 Å². The average Bonchev–Trinajstić information content (AvgIpc) is 2.80. The number of hydrogen-bond donors (Lipinski definition) is 1. The van der Waals surface area contributed by atoms with Crippen LogP contribution >= 0.6 is 0 Å². The number of carbonyl (C=O) groups excluding carboxylic acids is 1. The van der Waals surface area contributed by atoms with E-state index in [1.807, 2.05) is 13.8 Å². The fraction of sp³-hybridized carbons (Fsp3) is 0.125. The molecule has 0 unspecified atom stereocenters. The molecule has 0 fully saturated rings. The summed E-state index contributed by atoms with van der Waals surface area (Å²) in [5, 5.41) is 2.78. The van der Waals surface area contributed by atoms with Gasteiger partial charge >= 0.3 is 0 Å². The highest BCUT2D eigenvalue weighted by Gasteiger charge is 2.28. The number of halogens is 2. The maximum atomic E-state index is 14.2. The minimum atomic E-state index is -0.930. The maximum absolute atomic E-state index is 14.2. The molecule has 1 amide bonds. The normalized spacial score (nSPS) is 11.2. The van der Waals surface area contributed by atoms with Crippen molar-refractivity contribution in [1.29, 1.82) is 0 Å². The highest BCUT2D eigenvalue weighted by molar-refractivity contribution is 6.02. The van der Waals surface area contributed by atoms with Gasteiger partial charge in [0.1, 0.15) is 5.69 Å². The van der Waals surface area contributed by atoms with Gasteiger partial charge in [0.25, 0.3) is 5.91 Å². The predicted molar refractivity (Wildman–Crippen MR) is 116 cm³/mol. The summed E-state index contributed by atoms with van der Waals surface area (Å²) in [5.74, 6) is -2.18. The van der Waals surface area contributed by atoms with Crippen molar-refractivity contribution in [2.45, 2.75) is 19.3 Å². The van der Waals surface area contributed by atoms with Crippen LogP contribution in [-0.2, 0) is 5.41 Å². The van der Waals surface area contributed by atoms with E-state index in [-0.39, 0.29) is 17.2 Å². The largest absolute Gasteiger partial charge is 0.321 e. The number of carbonyl (C=O) groups is 1. The number of pyridine rings is 4. The molecule has 0 saturated carbocycles. The van der Waals surface area contributed by atoms with E-state index in [4.69, 9.17) is 0 Å². The Morgan fingerprint density at radius 2 is 1.53 bits per heavy atom. The Bertz CT molecular complexity index is 1280. The molecule has 160 valence electrons. The minimum Gasteiger partial charge on any atom is -0.321 e. The third kappa shape index (κ3) is 4.34. The second kappa shape index (κ2) is 8.58. The summed E-state index contributed by atoms with van der Waals surface area (Å²) in [4.78, 5) is 28.9. The van der Waals surface area contributed by atoms with Gasteiger partial charge in [-0.1, -0.05) is 12.1 Å². The van der Waals surface area contributed by atoms with Crippen LogP contribution in [0.15, 0.2) is 73.1 Å². The molecule has 4 rings (SSSR count). The molecule has 0 aromatic carbocycles. The number of amides is 1. The van der Waals surface area contributed by atoms with Crippen LogP contribution in [0.2, 0.25) is 0 Å². The quantitative estimate of drug-likeness (QED) is 0.460. The van der Waals surface area contributed by atoms with Crippen LogP contribution in [0.5, 0.6) is 0 Å². The second-order valence-corrected chi connectivity index (χ2v) is 7.60. The van der Waals surface area contributed by atoms with E-state index in [1.54, 1.807) is 60.9 Å². The molecule has 1 N–H and O–H groups in total. The fourth-order valence-corrected chi connectivity index (χ4v) is 3.21. The molecule has 0 atom stereocenters. The average molecular weight is 431 g/mol. The van der Waals surface area contributed by atoms with Crippen molar-refractivity contribution in [2.24, 2.45) is 0 Å². The fourth-order valence-electron chi connectivity index (χ4n) is 3.21. The molecule has 0 aliphatic rings. The Morgan fingerprint density at radius 3 is 2.25 bits per heavy atom. The molecular formula is C24H19F2N5O. The molecule has 6 nitrogen and oxygen atoms in total. The summed E-state index contributed by atoms with van der Waals surface area (Å²) < 4.78 is 27.3. The predicted octanol–water partition coefficient (Wildman–Crippen LogP) is 4.79. The first kappa shape index (κ1) is 21.2. The number of nitrogens with zero attached hydrogens (tertiary/aromatic N) is 4. The van der Waals surface area contributed by atoms with E-state index >= 15 is 0 Å². The molecule has 4 aromatic heterocycles. The number of rotatable bonds is 5. The molecule has 4 heterocycles. The van der Waals surface area contributed by atoms with Crippen molar-refractivity contribution >= 4 is 11.6 Å². The van der Waals surface area contributed by atoms with E-state index in [0.29, 0.717) is 22.8 Å². The maximum Gasteiger partial charge on any atom is 0.274 e. The van der Waals surface area contributed by atoms with Gasteiger partial charge in [-0.25, -0.2) is 4.98 Å². The van der Waals surface area contributed by atoms with Gasteiger partial charge < -0.3 is 5.32 Å². The van der Waals surface area contributed by atoms with Crippen molar-refractivity contribution in [2.75, 3.05) is 5.32 Å². The first-order valence-electron chi connectivity index (χ1n) is 9.83. The van der Waals surface area contributed by atoms with Gasteiger partial charge in [0.05, 0.1) is 22.6 Å². The Morgan fingerprint density at radius 1 is 0.844 bits per heavy atom. The lowest BCUT2D eigenvalue weighted by Crippen LogP contribution is -2.24. The SMILES string of the molecule is CC(C)(c1cccc(C(=O)Nc2ccncc2)n1)c1cccc(-c2ccc(F)nc2F)n1. The second-order valence-electron chi connectivity index (χ2n) is 7.60. The Balaban J connectivity index is 1.65. The summed E-state index contributed by atoms with van der Waals surface area (Å²) in [5.41, 5.74) is 1.81. The lowest BCUT2D eigenvalue weighted by Gasteiger charge is -2.24. The van der Waals surface area contributed by atoms with Crippen LogP contribution in [0.3, 0.4) is 0 Å². The standard InChI is InChI=1S/C24H19F2N5O/c1-24(2,19-7-3-5-17(29-19)16-9-10-21(25)31-22(16)26)20-8-4-6-18(30-20)23(32)28-15-11-13-27-14-12-15/h3-14H,1-2H3,(H,27,28,32). The van der Waals surface area contributed by atoms with Crippen LogP contribution in [-0.4, -0.2) is 25.8 Å². The molecule has 0 saturated heterocycles. The van der Waals surface area contributed by atoms with Gasteiger partial charge in [-0.15, -0.1) is 0 Å². The molecule has 0 spiro atoms. The van der Waals surface area contributed by atoms with Crippen molar-refractivity contribution in [3.05, 3.63) is 102 Å². The van der Waals surface area contributed by atoms with Crippen LogP contribution in [0.25, 0.3) is 11.3 Å². The van der Waals surface area contributed by atoms with Crippen LogP contribution in [0.4, 0.5) is 14.5 Å². The first-order valence-corrected chi connectivity index (χ1v) is 9.83. The van der Waals surface area contributed by atoms with Gasteiger partial charge in [-0.05, 0) is 62.4 Å². The summed E-state index contributed by atoms with van der Waals surface area (Å²) in [6, 6.07) is 16.1. The molecule has 0 radical (unpaired) electrons. The van der Waals surface area contributed by atoms with Gasteiger partial charge in [0.15, 0.2) is 0 Å². The van der Waals surface area contributed by atoms with Crippen LogP contribution in [0.1, 0.15) is 35.7 Å². The molecular weight excluding hydrogens is 412 g/mol. The molecule has 32 heavy (non-hydrogen) atoms. The van der Waals surface area contributed by atoms with Gasteiger partial charge in [0.2, 0.25) is 11.9 Å². The zero-order valence-corrected chi connectivity index (χ0v) is 17.4. The summed E-state index contributed by atoms with van der Waals surface area (Å²) in [6.07, 6.45) is 3.17. The van der Waals surface area contributed by atoms with Gasteiger partial charge in [-0.2, -0.15) is 13.8 Å². The number of aromatic nitrogens is 4. The van der Waals surface area contributed by atoms with Crippen molar-refractivity contribution in [3.8, 4) is 11.3 Å². The molecule has 8 heteroatoms. The minimum absolute atomic E-state index is 0.0995. The summed E-state index contributed by atoms with van der Waals surface area (Å²) in [7, 11) is 0. The van der Waals surface area contributed by atoms with Crippen molar-refractivity contribution in [3.63, 3.8) is 0 Å². The first-order chi connectivity index (χ1) is 15.3. The monoisotopic (exact) mass is 431 g/mol. The van der Waals surface area contributed by atoms with Gasteiger partial charge in [0, 0.05) is 23.5 Å². The summed E-state index contributed by atoms with van der Waals surface area (Å²) in [6.45, 7) is 3.82. The van der Waals surface area contributed by atoms with Gasteiger partial charge in [-0.3, -0.25) is 14.8 Å². The number of anilines is 1. The number of nitrogens with one attached hydrogen (secondary N) is 1.